The van der Waals surface area contributed by atoms with Gasteiger partial charge >= 0.3 is 0 Å². The fourth-order valence-corrected chi connectivity index (χ4v) is 4.76. The molecule has 0 bridgehead atoms. The molecule has 0 aliphatic carbocycles. The lowest BCUT2D eigenvalue weighted by molar-refractivity contribution is 0.0624. The van der Waals surface area contributed by atoms with Crippen molar-refractivity contribution in [3.05, 3.63) is 49.8 Å². The lowest BCUT2D eigenvalue weighted by atomic mass is 10.2. The van der Waals surface area contributed by atoms with Crippen LogP contribution in [0.3, 0.4) is 0 Å². The van der Waals surface area contributed by atoms with Gasteiger partial charge in [0.2, 0.25) is 0 Å². The highest BCUT2D eigenvalue weighted by atomic mass is 32.1. The van der Waals surface area contributed by atoms with Gasteiger partial charge in [0.25, 0.3) is 11.5 Å². The number of fused-ring (bicyclic) bond motifs is 1. The molecule has 1 saturated heterocycles. The zero-order valence-electron chi connectivity index (χ0n) is 16.6. The second kappa shape index (κ2) is 7.18. The Balaban J connectivity index is 1.43. The third-order valence-corrected chi connectivity index (χ3v) is 6.49. The third kappa shape index (κ3) is 3.38. The Morgan fingerprint density at radius 1 is 1.21 bits per heavy atom. The fourth-order valence-electron chi connectivity index (χ4n) is 3.71. The number of aromatic amines is 1. The number of carbonyl (C=O) groups is 1. The summed E-state index contributed by atoms with van der Waals surface area (Å²) in [6.45, 7) is 11.0. The number of nitrogens with zero attached hydrogens (tertiary/aromatic N) is 3. The van der Waals surface area contributed by atoms with Crippen LogP contribution < -0.4 is 5.56 Å². The molecule has 28 heavy (non-hydrogen) atoms. The fraction of sp³-hybridized carbons (Fsp3) is 0.450. The highest BCUT2D eigenvalue weighted by Crippen LogP contribution is 2.26. The molecule has 0 atom stereocenters. The van der Waals surface area contributed by atoms with Gasteiger partial charge in [-0.3, -0.25) is 14.5 Å². The van der Waals surface area contributed by atoms with Crippen LogP contribution in [0.15, 0.2) is 15.3 Å². The van der Waals surface area contributed by atoms with Crippen LogP contribution in [0.1, 0.15) is 38.1 Å². The summed E-state index contributed by atoms with van der Waals surface area (Å²) < 4.78 is 5.48. The van der Waals surface area contributed by atoms with Crippen molar-refractivity contribution in [2.45, 2.75) is 34.2 Å². The minimum Gasteiger partial charge on any atom is -0.466 e. The van der Waals surface area contributed by atoms with Gasteiger partial charge in [0, 0.05) is 31.1 Å². The normalized spacial score (nSPS) is 15.5. The molecule has 1 fully saturated rings. The first kappa shape index (κ1) is 18.9. The molecule has 0 spiro atoms. The lowest BCUT2D eigenvalue weighted by Crippen LogP contribution is -2.48. The summed E-state index contributed by atoms with van der Waals surface area (Å²) in [4.78, 5) is 38.7. The number of aromatic nitrogens is 2. The maximum atomic E-state index is 12.7. The van der Waals surface area contributed by atoms with Gasteiger partial charge < -0.3 is 14.3 Å². The molecule has 1 N–H and O–H groups in total. The summed E-state index contributed by atoms with van der Waals surface area (Å²) in [6, 6.07) is 1.80. The van der Waals surface area contributed by atoms with Gasteiger partial charge in [-0.15, -0.1) is 11.3 Å². The number of piperazine rings is 1. The van der Waals surface area contributed by atoms with Crippen LogP contribution in [0.4, 0.5) is 0 Å². The molecule has 1 aliphatic heterocycles. The Hall–Kier alpha value is -2.45. The minimum absolute atomic E-state index is 0.0199. The molecule has 1 amide bonds. The van der Waals surface area contributed by atoms with Crippen molar-refractivity contribution in [3.63, 3.8) is 0 Å². The van der Waals surface area contributed by atoms with Gasteiger partial charge in [-0.2, -0.15) is 0 Å². The largest absolute Gasteiger partial charge is 0.466 e. The van der Waals surface area contributed by atoms with E-state index in [0.717, 1.165) is 34.1 Å². The van der Waals surface area contributed by atoms with E-state index in [2.05, 4.69) is 14.9 Å². The number of furan rings is 1. The van der Waals surface area contributed by atoms with E-state index in [9.17, 15) is 9.59 Å². The van der Waals surface area contributed by atoms with E-state index in [1.165, 1.54) is 0 Å². The summed E-state index contributed by atoms with van der Waals surface area (Å²) in [5.41, 5.74) is 1.59. The molecule has 8 heteroatoms. The molecule has 0 saturated carbocycles. The summed E-state index contributed by atoms with van der Waals surface area (Å²) in [7, 11) is 0. The van der Waals surface area contributed by atoms with Crippen molar-refractivity contribution in [2.24, 2.45) is 0 Å². The quantitative estimate of drug-likeness (QED) is 0.731. The summed E-state index contributed by atoms with van der Waals surface area (Å²) in [6.07, 6.45) is 0. The standard InChI is InChI=1S/C20H24N4O3S/c1-11-9-15(13(3)27-11)20(26)24-7-5-23(6-8-24)10-16-21-18(25)17-12(2)14(4)28-19(17)22-16/h9H,5-8,10H2,1-4H3,(H,21,22,25). The second-order valence-electron chi connectivity index (χ2n) is 7.37. The van der Waals surface area contributed by atoms with E-state index < -0.39 is 0 Å². The monoisotopic (exact) mass is 400 g/mol. The number of nitrogens with one attached hydrogen (secondary N) is 1. The number of thiophene rings is 1. The first-order chi connectivity index (χ1) is 13.3. The molecule has 0 aromatic carbocycles. The highest BCUT2D eigenvalue weighted by molar-refractivity contribution is 7.18. The molecule has 4 heterocycles. The van der Waals surface area contributed by atoms with Gasteiger partial charge in [0.1, 0.15) is 22.2 Å². The predicted octanol–water partition coefficient (Wildman–Crippen LogP) is 2.77. The van der Waals surface area contributed by atoms with Gasteiger partial charge in [0.15, 0.2) is 0 Å². The van der Waals surface area contributed by atoms with Crippen molar-refractivity contribution in [1.82, 2.24) is 19.8 Å². The van der Waals surface area contributed by atoms with Gasteiger partial charge in [0.05, 0.1) is 17.5 Å². The van der Waals surface area contributed by atoms with Crippen LogP contribution in [-0.2, 0) is 6.54 Å². The first-order valence-corrected chi connectivity index (χ1v) is 10.2. The number of hydrogen-bond donors (Lipinski definition) is 1. The van der Waals surface area contributed by atoms with Crippen molar-refractivity contribution in [2.75, 3.05) is 26.2 Å². The van der Waals surface area contributed by atoms with E-state index in [-0.39, 0.29) is 11.5 Å². The summed E-state index contributed by atoms with van der Waals surface area (Å²) in [5, 5.41) is 0.701. The Morgan fingerprint density at radius 2 is 1.93 bits per heavy atom. The van der Waals surface area contributed by atoms with Crippen LogP contribution >= 0.6 is 11.3 Å². The topological polar surface area (TPSA) is 82.4 Å². The van der Waals surface area contributed by atoms with Gasteiger partial charge in [-0.1, -0.05) is 0 Å². The van der Waals surface area contributed by atoms with E-state index in [1.54, 1.807) is 17.4 Å². The number of H-pyrrole nitrogens is 1. The highest BCUT2D eigenvalue weighted by Gasteiger charge is 2.25. The second-order valence-corrected chi connectivity index (χ2v) is 8.57. The number of carbonyl (C=O) groups excluding carboxylic acids is 1. The zero-order valence-corrected chi connectivity index (χ0v) is 17.4. The average Bonchev–Trinajstić information content (AvgIpc) is 3.13. The molecule has 0 radical (unpaired) electrons. The van der Waals surface area contributed by atoms with Crippen molar-refractivity contribution < 1.29 is 9.21 Å². The maximum absolute atomic E-state index is 12.7. The lowest BCUT2D eigenvalue weighted by Gasteiger charge is -2.34. The Bertz CT molecular complexity index is 1100. The van der Waals surface area contributed by atoms with Crippen LogP contribution in [0.2, 0.25) is 0 Å². The SMILES string of the molecule is Cc1cc(C(=O)N2CCN(Cc3nc4sc(C)c(C)c4c(=O)[nH]3)CC2)c(C)o1. The van der Waals surface area contributed by atoms with Crippen LogP contribution in [0.25, 0.3) is 10.2 Å². The molecule has 3 aromatic rings. The molecule has 7 nitrogen and oxygen atoms in total. The number of amides is 1. The molecule has 1 aliphatic rings. The summed E-state index contributed by atoms with van der Waals surface area (Å²) >= 11 is 1.56. The van der Waals surface area contributed by atoms with Crippen molar-refractivity contribution in [3.8, 4) is 0 Å². The molecular formula is C20H24N4O3S. The third-order valence-electron chi connectivity index (χ3n) is 5.39. The zero-order chi connectivity index (χ0) is 20.0. The van der Waals surface area contributed by atoms with Crippen LogP contribution in [0.5, 0.6) is 0 Å². The van der Waals surface area contributed by atoms with Gasteiger partial charge in [-0.25, -0.2) is 4.98 Å². The van der Waals surface area contributed by atoms with E-state index >= 15 is 0 Å². The van der Waals surface area contributed by atoms with Crippen molar-refractivity contribution >= 4 is 27.5 Å². The molecular weight excluding hydrogens is 376 g/mol. The van der Waals surface area contributed by atoms with E-state index in [0.29, 0.717) is 42.2 Å². The molecule has 3 aromatic heterocycles. The smallest absolute Gasteiger partial charge is 0.259 e. The first-order valence-electron chi connectivity index (χ1n) is 9.41. The molecule has 148 valence electrons. The van der Waals surface area contributed by atoms with Crippen LogP contribution in [-0.4, -0.2) is 51.9 Å². The van der Waals surface area contributed by atoms with Crippen LogP contribution in [0, 0.1) is 27.7 Å². The maximum Gasteiger partial charge on any atom is 0.259 e. The summed E-state index contributed by atoms with van der Waals surface area (Å²) in [5.74, 6) is 2.12. The van der Waals surface area contributed by atoms with E-state index in [1.807, 2.05) is 32.6 Å². The van der Waals surface area contributed by atoms with Gasteiger partial charge in [-0.05, 0) is 39.3 Å². The number of rotatable bonds is 3. The average molecular weight is 401 g/mol. The predicted molar refractivity (Wildman–Crippen MR) is 109 cm³/mol. The Labute approximate surface area is 167 Å². The number of hydrogen-bond acceptors (Lipinski definition) is 6. The molecule has 0 unspecified atom stereocenters. The number of aryl methyl sites for hydroxylation is 4. The van der Waals surface area contributed by atoms with Crippen molar-refractivity contribution in [1.29, 1.82) is 0 Å². The molecule has 4 rings (SSSR count). The Morgan fingerprint density at radius 3 is 2.57 bits per heavy atom. The Kier molecular flexibility index (Phi) is 4.84. The van der Waals surface area contributed by atoms with E-state index in [4.69, 9.17) is 4.42 Å². The minimum atomic E-state index is -0.0681.